The van der Waals surface area contributed by atoms with Gasteiger partial charge in [0.1, 0.15) is 13.1 Å². The Bertz CT molecular complexity index is 1330. The lowest BCUT2D eigenvalue weighted by molar-refractivity contribution is -0.697. The van der Waals surface area contributed by atoms with E-state index in [2.05, 4.69) is 107 Å². The minimum atomic E-state index is 1.06. The topological polar surface area (TPSA) is 11.0 Å². The maximum Gasteiger partial charge on any atom is 0.169 e. The van der Waals surface area contributed by atoms with Crippen molar-refractivity contribution in [2.24, 2.45) is 0 Å². The van der Waals surface area contributed by atoms with Crippen molar-refractivity contribution in [2.75, 3.05) is 11.9 Å². The highest BCUT2D eigenvalue weighted by atomic mass is 32.2. The molecule has 10 bridgehead atoms. The molecule has 4 heteroatoms. The number of aromatic nitrogens is 2. The fraction of sp³-hybridized carbons (Fsp3) is 0.290. The van der Waals surface area contributed by atoms with Crippen molar-refractivity contribution in [1.29, 1.82) is 0 Å². The average molecular weight is 480 g/mol. The van der Waals surface area contributed by atoms with Crippen LogP contribution < -0.4 is 14.0 Å². The van der Waals surface area contributed by atoms with Gasteiger partial charge >= 0.3 is 0 Å². The number of nitrogens with zero attached hydrogens (tertiary/aromatic N) is 3. The van der Waals surface area contributed by atoms with Gasteiger partial charge in [0.25, 0.3) is 0 Å². The molecule has 13 rings (SSSR count). The first-order valence-electron chi connectivity index (χ1n) is 12.9. The van der Waals surface area contributed by atoms with E-state index in [1.807, 2.05) is 11.8 Å². The molecular weight excluding hydrogens is 446 g/mol. The number of benzene rings is 2. The van der Waals surface area contributed by atoms with E-state index in [0.717, 1.165) is 25.9 Å². The molecule has 11 heterocycles. The summed E-state index contributed by atoms with van der Waals surface area (Å²) in [5.74, 6) is 0. The molecule has 0 spiro atoms. The lowest BCUT2D eigenvalue weighted by atomic mass is 10.0. The Balaban J connectivity index is 1.27. The van der Waals surface area contributed by atoms with Gasteiger partial charge in [0.2, 0.25) is 0 Å². The van der Waals surface area contributed by atoms with Gasteiger partial charge in [-0.25, -0.2) is 9.13 Å². The van der Waals surface area contributed by atoms with E-state index in [9.17, 15) is 0 Å². The van der Waals surface area contributed by atoms with E-state index in [1.165, 1.54) is 69.1 Å². The minimum absolute atomic E-state index is 1.06. The third-order valence-electron chi connectivity index (χ3n) is 7.37. The summed E-state index contributed by atoms with van der Waals surface area (Å²) in [6.45, 7) is 2.12. The van der Waals surface area contributed by atoms with Crippen LogP contribution in [0.5, 0.6) is 0 Å². The second kappa shape index (κ2) is 9.87. The normalized spacial score (nSPS) is 15.6. The monoisotopic (exact) mass is 479 g/mol. The second-order valence-corrected chi connectivity index (χ2v) is 10.9. The van der Waals surface area contributed by atoms with Crippen molar-refractivity contribution in [3.05, 3.63) is 96.6 Å². The van der Waals surface area contributed by atoms with Crippen molar-refractivity contribution in [2.45, 2.75) is 61.4 Å². The molecule has 0 N–H and O–H groups in total. The van der Waals surface area contributed by atoms with E-state index < -0.39 is 0 Å². The molecular formula is C31H33N3S+2. The SMILES string of the molecule is CN1c2ccc3cc2Sc2ccc(cc21)CCCC[n+]1ccc(cc1)-c1cc[n+](cc1)CCCC3. The number of hydrogen-bond donors (Lipinski definition) is 0. The average Bonchev–Trinajstić information content (AvgIpc) is 2.90. The molecule has 9 aliphatic heterocycles. The van der Waals surface area contributed by atoms with Crippen molar-refractivity contribution in [1.82, 2.24) is 0 Å². The molecule has 0 atom stereocenters. The summed E-state index contributed by atoms with van der Waals surface area (Å²) in [6, 6.07) is 23.1. The zero-order valence-electron chi connectivity index (χ0n) is 20.5. The zero-order chi connectivity index (χ0) is 23.6. The molecule has 0 saturated carbocycles. The van der Waals surface area contributed by atoms with Crippen LogP contribution in [0, 0.1) is 0 Å². The molecule has 176 valence electrons. The van der Waals surface area contributed by atoms with Crippen LogP contribution in [0.25, 0.3) is 11.1 Å². The predicted molar refractivity (Wildman–Crippen MR) is 143 cm³/mol. The minimum Gasteiger partial charge on any atom is -0.343 e. The summed E-state index contributed by atoms with van der Waals surface area (Å²) in [5.41, 5.74) is 8.12. The first kappa shape index (κ1) is 22.4. The van der Waals surface area contributed by atoms with Gasteiger partial charge in [0, 0.05) is 53.9 Å². The van der Waals surface area contributed by atoms with Crippen LogP contribution in [0.15, 0.2) is 95.2 Å². The van der Waals surface area contributed by atoms with Gasteiger partial charge in [-0.05, 0) is 72.2 Å². The Morgan fingerprint density at radius 2 is 1.17 bits per heavy atom. The largest absolute Gasteiger partial charge is 0.343 e. The van der Waals surface area contributed by atoms with Gasteiger partial charge in [0.05, 0.1) is 11.4 Å². The third-order valence-corrected chi connectivity index (χ3v) is 8.48. The van der Waals surface area contributed by atoms with Crippen molar-refractivity contribution >= 4 is 23.1 Å². The first-order chi connectivity index (χ1) is 17.2. The van der Waals surface area contributed by atoms with Crippen LogP contribution in [0.2, 0.25) is 0 Å². The molecule has 0 unspecified atom stereocenters. The molecule has 9 aliphatic rings. The van der Waals surface area contributed by atoms with Crippen LogP contribution in [0.1, 0.15) is 36.8 Å². The highest BCUT2D eigenvalue weighted by Crippen LogP contribution is 2.48. The maximum atomic E-state index is 2.41. The molecule has 0 aliphatic carbocycles. The van der Waals surface area contributed by atoms with E-state index in [0.29, 0.717) is 0 Å². The number of hydrogen-bond acceptors (Lipinski definition) is 2. The Labute approximate surface area is 213 Å². The quantitative estimate of drug-likeness (QED) is 0.266. The lowest BCUT2D eigenvalue weighted by Crippen LogP contribution is -2.33. The highest BCUT2D eigenvalue weighted by molar-refractivity contribution is 7.99. The van der Waals surface area contributed by atoms with Crippen molar-refractivity contribution in [3.8, 4) is 11.1 Å². The van der Waals surface area contributed by atoms with Crippen molar-refractivity contribution < 1.29 is 9.13 Å². The molecule has 4 aromatic rings. The molecule has 3 nitrogen and oxygen atoms in total. The molecule has 0 saturated heterocycles. The Hall–Kier alpha value is -3.11. The first-order valence-corrected chi connectivity index (χ1v) is 13.7. The maximum absolute atomic E-state index is 2.41. The Kier molecular flexibility index (Phi) is 6.30. The van der Waals surface area contributed by atoms with Crippen LogP contribution in [-0.2, 0) is 25.9 Å². The molecule has 0 radical (unpaired) electrons. The summed E-state index contributed by atoms with van der Waals surface area (Å²) in [6.07, 6.45) is 15.9. The van der Waals surface area contributed by atoms with Gasteiger partial charge in [-0.3, -0.25) is 0 Å². The summed E-state index contributed by atoms with van der Waals surface area (Å²) in [7, 11) is 2.22. The summed E-state index contributed by atoms with van der Waals surface area (Å²) >= 11 is 1.93. The van der Waals surface area contributed by atoms with Gasteiger partial charge in [0.15, 0.2) is 24.8 Å². The van der Waals surface area contributed by atoms with Crippen LogP contribution in [-0.4, -0.2) is 7.05 Å². The van der Waals surface area contributed by atoms with E-state index in [-0.39, 0.29) is 0 Å². The number of pyridine rings is 2. The number of aryl methyl sites for hydroxylation is 4. The molecule has 0 fully saturated rings. The van der Waals surface area contributed by atoms with E-state index in [4.69, 9.17) is 0 Å². The van der Waals surface area contributed by atoms with Gasteiger partial charge in [-0.15, -0.1) is 0 Å². The van der Waals surface area contributed by atoms with Gasteiger partial charge < -0.3 is 4.90 Å². The Morgan fingerprint density at radius 1 is 0.600 bits per heavy atom. The molecule has 0 amide bonds. The Morgan fingerprint density at radius 3 is 1.80 bits per heavy atom. The predicted octanol–water partition coefficient (Wildman–Crippen LogP) is 6.52. The van der Waals surface area contributed by atoms with E-state index >= 15 is 0 Å². The van der Waals surface area contributed by atoms with Crippen LogP contribution in [0.4, 0.5) is 11.4 Å². The smallest absolute Gasteiger partial charge is 0.169 e. The van der Waals surface area contributed by atoms with Crippen molar-refractivity contribution in [3.63, 3.8) is 0 Å². The number of anilines is 2. The van der Waals surface area contributed by atoms with Gasteiger partial charge in [-0.2, -0.15) is 0 Å². The zero-order valence-corrected chi connectivity index (χ0v) is 21.3. The van der Waals surface area contributed by atoms with Crippen LogP contribution in [0.3, 0.4) is 0 Å². The van der Waals surface area contributed by atoms with Crippen LogP contribution >= 0.6 is 11.8 Å². The van der Waals surface area contributed by atoms with Gasteiger partial charge in [-0.1, -0.05) is 23.9 Å². The lowest BCUT2D eigenvalue weighted by Gasteiger charge is -2.30. The summed E-state index contributed by atoms with van der Waals surface area (Å²) in [4.78, 5) is 5.13. The summed E-state index contributed by atoms with van der Waals surface area (Å²) in [5, 5.41) is 0. The fourth-order valence-corrected chi connectivity index (χ4v) is 6.43. The number of rotatable bonds is 0. The molecule has 2 aromatic heterocycles. The van der Waals surface area contributed by atoms with E-state index in [1.54, 1.807) is 0 Å². The summed E-state index contributed by atoms with van der Waals surface area (Å²) < 4.78 is 4.63. The molecule has 35 heavy (non-hydrogen) atoms. The fourth-order valence-electron chi connectivity index (χ4n) is 5.23. The second-order valence-electron chi connectivity index (χ2n) is 9.83. The standard InChI is InChI=1S/C31H33N3S/c1-32-28-10-8-25-7-3-5-17-34-20-14-27(15-21-34)26-12-18-33(19-13-26)16-4-2-6-24-9-11-30(29(32)22-24)35-31(28)23-25/h8-15,18-23H,2-7,16-17H2,1H3/q+2. The third kappa shape index (κ3) is 4.85. The highest BCUT2D eigenvalue weighted by Gasteiger charge is 2.21. The molecule has 2 aromatic carbocycles.